The van der Waals surface area contributed by atoms with E-state index in [0.29, 0.717) is 18.7 Å². The van der Waals surface area contributed by atoms with Crippen molar-refractivity contribution in [1.29, 1.82) is 5.26 Å². The molecule has 3 N–H and O–H groups in total. The average Bonchev–Trinajstić information content (AvgIpc) is 2.63. The molecule has 6 heteroatoms. The molecule has 1 amide bonds. The number of hydrogen-bond acceptors (Lipinski definition) is 5. The van der Waals surface area contributed by atoms with E-state index in [2.05, 4.69) is 10.3 Å². The summed E-state index contributed by atoms with van der Waals surface area (Å²) in [6.07, 6.45) is 0.677. The first kappa shape index (κ1) is 10.6. The molecule has 0 atom stereocenters. The van der Waals surface area contributed by atoms with Gasteiger partial charge < -0.3 is 11.1 Å². The quantitative estimate of drug-likeness (QED) is 0.679. The number of nitriles is 1. The first-order valence-corrected chi connectivity index (χ1v) is 4.95. The van der Waals surface area contributed by atoms with Crippen LogP contribution in [0.25, 0.3) is 0 Å². The lowest BCUT2D eigenvalue weighted by Crippen LogP contribution is -2.23. The Kier molecular flexibility index (Phi) is 4.04. The van der Waals surface area contributed by atoms with Crippen molar-refractivity contribution in [2.45, 2.75) is 6.42 Å². The Labute approximate surface area is 85.6 Å². The van der Waals surface area contributed by atoms with E-state index in [1.165, 1.54) is 11.3 Å². The van der Waals surface area contributed by atoms with Gasteiger partial charge in [-0.1, -0.05) is 0 Å². The third-order valence-electron chi connectivity index (χ3n) is 1.47. The van der Waals surface area contributed by atoms with E-state index in [4.69, 9.17) is 11.0 Å². The van der Waals surface area contributed by atoms with Gasteiger partial charge in [-0.05, 0) is 6.54 Å². The highest BCUT2D eigenvalue weighted by molar-refractivity contribution is 7.09. The summed E-state index contributed by atoms with van der Waals surface area (Å²) in [5.41, 5.74) is 5.70. The number of thiazole rings is 1. The summed E-state index contributed by atoms with van der Waals surface area (Å²) in [6, 6.07) is 1.82. The highest BCUT2D eigenvalue weighted by Gasteiger charge is 2.08. The predicted molar refractivity (Wildman–Crippen MR) is 52.8 cm³/mol. The lowest BCUT2D eigenvalue weighted by Gasteiger charge is -1.94. The molecule has 5 nitrogen and oxygen atoms in total. The molecule has 0 fully saturated rings. The van der Waals surface area contributed by atoms with Gasteiger partial charge in [0.15, 0.2) is 0 Å². The number of aromatic nitrogens is 1. The maximum Gasteiger partial charge on any atom is 0.271 e. The third kappa shape index (κ3) is 2.80. The molecule has 1 heterocycles. The Balaban J connectivity index is 2.58. The minimum atomic E-state index is -0.314. The van der Waals surface area contributed by atoms with Crippen LogP contribution in [0.2, 0.25) is 0 Å². The molecule has 0 saturated heterocycles. The maximum absolute atomic E-state index is 11.3. The van der Waals surface area contributed by atoms with Gasteiger partial charge in [-0.2, -0.15) is 5.26 Å². The fraction of sp³-hybridized carbons (Fsp3) is 0.375. The summed E-state index contributed by atoms with van der Waals surface area (Å²) < 4.78 is 0. The van der Waals surface area contributed by atoms with Gasteiger partial charge in [0.2, 0.25) is 0 Å². The van der Waals surface area contributed by atoms with E-state index in [-0.39, 0.29) is 12.5 Å². The molecule has 0 aliphatic rings. The molecular formula is C8H10N4OS. The topological polar surface area (TPSA) is 91.8 Å². The van der Waals surface area contributed by atoms with Crippen molar-refractivity contribution < 1.29 is 4.79 Å². The number of nitrogens with zero attached hydrogens (tertiary/aromatic N) is 2. The Morgan fingerprint density at radius 1 is 1.79 bits per heavy atom. The van der Waals surface area contributed by atoms with Crippen molar-refractivity contribution >= 4 is 17.2 Å². The fourth-order valence-electron chi connectivity index (χ4n) is 0.864. The molecule has 1 rings (SSSR count). The molecule has 0 aliphatic heterocycles. The molecule has 0 aromatic carbocycles. The van der Waals surface area contributed by atoms with Gasteiger partial charge in [0.25, 0.3) is 5.91 Å². The number of carbonyl (C=O) groups is 1. The van der Waals surface area contributed by atoms with Crippen LogP contribution in [0, 0.1) is 11.3 Å². The van der Waals surface area contributed by atoms with E-state index in [1.54, 1.807) is 5.38 Å². The predicted octanol–water partition coefficient (Wildman–Crippen LogP) is -0.102. The second-order valence-electron chi connectivity index (χ2n) is 2.51. The molecule has 0 aliphatic carbocycles. The van der Waals surface area contributed by atoms with Gasteiger partial charge >= 0.3 is 0 Å². The smallest absolute Gasteiger partial charge is 0.271 e. The SMILES string of the molecule is N#CCNC(=O)c1csc(CCN)n1. The van der Waals surface area contributed by atoms with Crippen molar-refractivity contribution in [2.75, 3.05) is 13.1 Å². The standard InChI is InChI=1S/C8H10N4OS/c9-2-1-7-12-6(5-14-7)8(13)11-4-3-10/h5H,1-2,4,9H2,(H,11,13). The maximum atomic E-state index is 11.3. The van der Waals surface area contributed by atoms with Crippen LogP contribution in [-0.4, -0.2) is 24.0 Å². The fourth-order valence-corrected chi connectivity index (χ4v) is 1.66. The van der Waals surface area contributed by atoms with Crippen LogP contribution in [0.1, 0.15) is 15.5 Å². The van der Waals surface area contributed by atoms with Crippen LogP contribution < -0.4 is 11.1 Å². The molecule has 0 radical (unpaired) electrons. The van der Waals surface area contributed by atoms with Gasteiger partial charge in [0.1, 0.15) is 12.2 Å². The minimum absolute atomic E-state index is 0.00256. The summed E-state index contributed by atoms with van der Waals surface area (Å²) in [4.78, 5) is 15.3. The van der Waals surface area contributed by atoms with Crippen LogP contribution in [0.4, 0.5) is 0 Å². The molecule has 0 bridgehead atoms. The second-order valence-corrected chi connectivity index (χ2v) is 3.45. The molecule has 0 spiro atoms. The zero-order chi connectivity index (χ0) is 10.4. The van der Waals surface area contributed by atoms with Crippen LogP contribution in [-0.2, 0) is 6.42 Å². The van der Waals surface area contributed by atoms with Gasteiger partial charge in [-0.3, -0.25) is 4.79 Å². The Morgan fingerprint density at radius 3 is 3.21 bits per heavy atom. The summed E-state index contributed by atoms with van der Waals surface area (Å²) >= 11 is 1.40. The molecule has 1 aromatic rings. The zero-order valence-electron chi connectivity index (χ0n) is 7.49. The van der Waals surface area contributed by atoms with Crippen LogP contribution in [0.15, 0.2) is 5.38 Å². The number of rotatable bonds is 4. The number of carbonyl (C=O) groups excluding carboxylic acids is 1. The van der Waals surface area contributed by atoms with Crippen molar-refractivity contribution in [2.24, 2.45) is 5.73 Å². The van der Waals surface area contributed by atoms with Crippen LogP contribution in [0.5, 0.6) is 0 Å². The van der Waals surface area contributed by atoms with Crippen LogP contribution in [0.3, 0.4) is 0 Å². The van der Waals surface area contributed by atoms with E-state index >= 15 is 0 Å². The van der Waals surface area contributed by atoms with E-state index in [9.17, 15) is 4.79 Å². The summed E-state index contributed by atoms with van der Waals surface area (Å²) in [5.74, 6) is -0.314. The monoisotopic (exact) mass is 210 g/mol. The van der Waals surface area contributed by atoms with E-state index in [0.717, 1.165) is 5.01 Å². The van der Waals surface area contributed by atoms with E-state index in [1.807, 2.05) is 6.07 Å². The Hall–Kier alpha value is -1.45. The average molecular weight is 210 g/mol. The summed E-state index contributed by atoms with van der Waals surface area (Å²) in [6.45, 7) is 0.523. The number of nitrogens with two attached hydrogens (primary N) is 1. The van der Waals surface area contributed by atoms with Crippen molar-refractivity contribution in [3.63, 3.8) is 0 Å². The molecule has 14 heavy (non-hydrogen) atoms. The Bertz CT molecular complexity index is 354. The Morgan fingerprint density at radius 2 is 2.57 bits per heavy atom. The van der Waals surface area contributed by atoms with Crippen molar-refractivity contribution in [3.05, 3.63) is 16.1 Å². The number of amides is 1. The van der Waals surface area contributed by atoms with Gasteiger partial charge in [0.05, 0.1) is 11.1 Å². The molecule has 74 valence electrons. The summed E-state index contributed by atoms with van der Waals surface area (Å²) in [7, 11) is 0. The molecule has 0 unspecified atom stereocenters. The number of nitrogens with one attached hydrogen (secondary N) is 1. The molecule has 1 aromatic heterocycles. The molecule has 0 saturated carbocycles. The van der Waals surface area contributed by atoms with Gasteiger partial charge in [-0.25, -0.2) is 4.98 Å². The summed E-state index contributed by atoms with van der Waals surface area (Å²) in [5, 5.41) is 13.2. The largest absolute Gasteiger partial charge is 0.338 e. The first-order valence-electron chi connectivity index (χ1n) is 4.07. The van der Waals surface area contributed by atoms with Crippen LogP contribution >= 0.6 is 11.3 Å². The van der Waals surface area contributed by atoms with Gasteiger partial charge in [0, 0.05) is 11.8 Å². The lowest BCUT2D eigenvalue weighted by atomic mass is 10.4. The van der Waals surface area contributed by atoms with Crippen molar-refractivity contribution in [3.8, 4) is 6.07 Å². The lowest BCUT2D eigenvalue weighted by molar-refractivity contribution is 0.0954. The van der Waals surface area contributed by atoms with Gasteiger partial charge in [-0.15, -0.1) is 11.3 Å². The number of hydrogen-bond donors (Lipinski definition) is 2. The first-order chi connectivity index (χ1) is 6.77. The highest BCUT2D eigenvalue weighted by atomic mass is 32.1. The zero-order valence-corrected chi connectivity index (χ0v) is 8.30. The normalized spacial score (nSPS) is 9.43. The highest BCUT2D eigenvalue weighted by Crippen LogP contribution is 2.09. The van der Waals surface area contributed by atoms with E-state index < -0.39 is 0 Å². The molecular weight excluding hydrogens is 200 g/mol. The third-order valence-corrected chi connectivity index (χ3v) is 2.38. The minimum Gasteiger partial charge on any atom is -0.338 e. The second kappa shape index (κ2) is 5.32. The van der Waals surface area contributed by atoms with Crippen molar-refractivity contribution in [1.82, 2.24) is 10.3 Å².